The number of fused-ring (bicyclic) bond motifs is 5. The van der Waals surface area contributed by atoms with Crippen molar-refractivity contribution in [2.45, 2.75) is 89.2 Å². The molecule has 1 aliphatic heterocycles. The van der Waals surface area contributed by atoms with Gasteiger partial charge in [0.15, 0.2) is 17.5 Å². The van der Waals surface area contributed by atoms with E-state index in [-0.39, 0.29) is 36.2 Å². The molecule has 0 amide bonds. The molecule has 0 aromatic heterocycles. The van der Waals surface area contributed by atoms with E-state index in [2.05, 4.69) is 0 Å². The van der Waals surface area contributed by atoms with Crippen LogP contribution in [-0.4, -0.2) is 94.6 Å². The number of aliphatic hydroxyl groups is 3. The molecule has 43 heavy (non-hydrogen) atoms. The third kappa shape index (κ3) is 4.33. The molecule has 3 aliphatic carbocycles. The highest BCUT2D eigenvalue weighted by atomic mass is 16.7. The second kappa shape index (κ2) is 10.4. The molecule has 234 valence electrons. The number of ketones is 1. The molecule has 12 heteroatoms. The molecule has 0 radical (unpaired) electrons. The number of carbonyl (C=O) groups is 4. The number of Topliss-reactive ketones (excluding diaryl/α,β-unsaturated/α-hetero) is 1. The first-order valence-electron chi connectivity index (χ1n) is 14.2. The Morgan fingerprint density at radius 3 is 2.26 bits per heavy atom. The monoisotopic (exact) mass is 602 g/mol. The second-order valence-corrected chi connectivity index (χ2v) is 12.7. The number of carbonyl (C=O) groups excluding carboxylic acids is 4. The summed E-state index contributed by atoms with van der Waals surface area (Å²) in [5.41, 5.74) is -6.70. The molecule has 9 atom stereocenters. The Labute approximate surface area is 248 Å². The molecule has 0 unspecified atom stereocenters. The zero-order chi connectivity index (χ0) is 31.7. The summed E-state index contributed by atoms with van der Waals surface area (Å²) >= 11 is 0. The predicted octanol–water partition coefficient (Wildman–Crippen LogP) is 1.87. The number of aliphatic hydroxyl groups excluding tert-OH is 2. The van der Waals surface area contributed by atoms with Gasteiger partial charge in [0.05, 0.1) is 42.8 Å². The van der Waals surface area contributed by atoms with E-state index in [1.807, 2.05) is 0 Å². The van der Waals surface area contributed by atoms with Crippen molar-refractivity contribution in [2.24, 2.45) is 16.7 Å². The van der Waals surface area contributed by atoms with E-state index in [1.165, 1.54) is 26.0 Å². The van der Waals surface area contributed by atoms with Crippen molar-refractivity contribution in [3.05, 3.63) is 47.0 Å². The minimum atomic E-state index is -2.15. The van der Waals surface area contributed by atoms with Crippen LogP contribution in [0.3, 0.4) is 0 Å². The molecule has 3 fully saturated rings. The fourth-order valence-corrected chi connectivity index (χ4v) is 7.88. The summed E-state index contributed by atoms with van der Waals surface area (Å²) < 4.78 is 28.1. The third-order valence-electron chi connectivity index (χ3n) is 10.3. The molecule has 5 rings (SSSR count). The number of benzene rings is 1. The topological polar surface area (TPSA) is 175 Å². The highest BCUT2D eigenvalue weighted by molar-refractivity contribution is 5.95. The van der Waals surface area contributed by atoms with Crippen LogP contribution in [0.1, 0.15) is 57.8 Å². The normalized spacial score (nSPS) is 39.6. The number of hydrogen-bond acceptors (Lipinski definition) is 12. The maximum atomic E-state index is 14.9. The van der Waals surface area contributed by atoms with Crippen molar-refractivity contribution in [3.8, 4) is 0 Å². The number of rotatable bonds is 4. The highest BCUT2D eigenvalue weighted by Crippen LogP contribution is 2.64. The first kappa shape index (κ1) is 31.1. The first-order valence-corrected chi connectivity index (χ1v) is 14.2. The molecule has 1 heterocycles. The molecule has 1 aromatic carbocycles. The SMILES string of the molecule is COC(=O)O[C@H]1C(=O)[C@@]2(C)[C@H]([C@H](OC(=O)c3ccccc3)[C@]3(O)C[C@H](O)C(C)=C1C3(C)C)[C@]1(OC(C)=O)CO[C@@H]1C[C@@H]2O. The molecule has 2 bridgehead atoms. The van der Waals surface area contributed by atoms with Crippen LogP contribution in [0.4, 0.5) is 4.79 Å². The Balaban J connectivity index is 1.83. The van der Waals surface area contributed by atoms with E-state index in [4.69, 9.17) is 23.7 Å². The van der Waals surface area contributed by atoms with E-state index in [9.17, 15) is 34.5 Å². The fourth-order valence-electron chi connectivity index (χ4n) is 7.88. The average molecular weight is 603 g/mol. The van der Waals surface area contributed by atoms with Crippen molar-refractivity contribution in [1.29, 1.82) is 0 Å². The van der Waals surface area contributed by atoms with Crippen LogP contribution in [-0.2, 0) is 33.3 Å². The van der Waals surface area contributed by atoms with Gasteiger partial charge in [-0.1, -0.05) is 32.0 Å². The van der Waals surface area contributed by atoms with E-state index in [0.717, 1.165) is 7.11 Å². The molecule has 1 saturated heterocycles. The van der Waals surface area contributed by atoms with Crippen molar-refractivity contribution >= 4 is 23.9 Å². The summed E-state index contributed by atoms with van der Waals surface area (Å²) in [6.45, 7) is 7.13. The lowest BCUT2D eigenvalue weighted by Crippen LogP contribution is -2.81. The van der Waals surface area contributed by atoms with Gasteiger partial charge in [-0.25, -0.2) is 9.59 Å². The van der Waals surface area contributed by atoms with Gasteiger partial charge in [0.25, 0.3) is 0 Å². The van der Waals surface area contributed by atoms with Crippen LogP contribution < -0.4 is 0 Å². The summed E-state index contributed by atoms with van der Waals surface area (Å²) in [5.74, 6) is -3.77. The van der Waals surface area contributed by atoms with Crippen molar-refractivity contribution in [1.82, 2.24) is 0 Å². The molecular formula is C31H38O12. The Bertz CT molecular complexity index is 1370. The zero-order valence-electron chi connectivity index (χ0n) is 25.0. The minimum absolute atomic E-state index is 0.0882. The van der Waals surface area contributed by atoms with Crippen molar-refractivity contribution in [2.75, 3.05) is 13.7 Å². The quantitative estimate of drug-likeness (QED) is 0.260. The van der Waals surface area contributed by atoms with Crippen LogP contribution in [0.15, 0.2) is 41.5 Å². The van der Waals surface area contributed by atoms with Crippen LogP contribution in [0.25, 0.3) is 0 Å². The molecule has 0 spiro atoms. The molecule has 1 aromatic rings. The second-order valence-electron chi connectivity index (χ2n) is 12.7. The van der Waals surface area contributed by atoms with E-state index in [0.29, 0.717) is 0 Å². The number of ether oxygens (including phenoxy) is 5. The Hall–Kier alpha value is -3.32. The zero-order valence-corrected chi connectivity index (χ0v) is 25.0. The maximum Gasteiger partial charge on any atom is 0.509 e. The molecule has 3 N–H and O–H groups in total. The third-order valence-corrected chi connectivity index (χ3v) is 10.3. The summed E-state index contributed by atoms with van der Waals surface area (Å²) in [6, 6.07) is 8.00. The highest BCUT2D eigenvalue weighted by Gasteiger charge is 2.78. The largest absolute Gasteiger partial charge is 0.509 e. The standard InChI is InChI=1S/C31H38O12/c1-15-18(33)13-31(38)25(42-26(36)17-10-8-7-9-11-17)23-29(5,19(34)12-20-30(23,14-40-20)43-16(2)32)24(35)22(41-27(37)39-6)21(15)28(31,3)4/h7-11,18-20,22-23,25,33-34,38H,12-14H2,1-6H3/t18-,19-,20+,22+,23-,25-,29+,30-,31+/m0/s1. The lowest BCUT2D eigenvalue weighted by molar-refractivity contribution is -0.345. The van der Waals surface area contributed by atoms with Gasteiger partial charge < -0.3 is 39.0 Å². The summed E-state index contributed by atoms with van der Waals surface area (Å²) in [4.78, 5) is 53.7. The van der Waals surface area contributed by atoms with Crippen LogP contribution in [0.2, 0.25) is 0 Å². The van der Waals surface area contributed by atoms with Crippen molar-refractivity contribution < 1.29 is 58.2 Å². The molecule has 2 saturated carbocycles. The molecular weight excluding hydrogens is 564 g/mol. The van der Waals surface area contributed by atoms with E-state index < -0.39 is 82.3 Å². The Morgan fingerprint density at radius 2 is 1.70 bits per heavy atom. The molecule has 4 aliphatic rings. The van der Waals surface area contributed by atoms with Crippen LogP contribution in [0.5, 0.6) is 0 Å². The van der Waals surface area contributed by atoms with Gasteiger partial charge in [-0.15, -0.1) is 0 Å². The Kier molecular flexibility index (Phi) is 7.52. The number of esters is 2. The van der Waals surface area contributed by atoms with Gasteiger partial charge in [-0.05, 0) is 37.1 Å². The lowest BCUT2D eigenvalue weighted by Gasteiger charge is -2.67. The van der Waals surface area contributed by atoms with Crippen molar-refractivity contribution in [3.63, 3.8) is 0 Å². The van der Waals surface area contributed by atoms with Gasteiger partial charge in [0, 0.05) is 25.2 Å². The van der Waals surface area contributed by atoms with Gasteiger partial charge in [0.2, 0.25) is 0 Å². The summed E-state index contributed by atoms with van der Waals surface area (Å²) in [7, 11) is 1.07. The van der Waals surface area contributed by atoms with Gasteiger partial charge in [-0.2, -0.15) is 0 Å². The Morgan fingerprint density at radius 1 is 1.05 bits per heavy atom. The predicted molar refractivity (Wildman–Crippen MR) is 146 cm³/mol. The fraction of sp³-hybridized carbons (Fsp3) is 0.613. The number of methoxy groups -OCH3 is 1. The first-order chi connectivity index (χ1) is 20.1. The average Bonchev–Trinajstić information content (AvgIpc) is 2.95. The van der Waals surface area contributed by atoms with Crippen LogP contribution in [0, 0.1) is 16.7 Å². The summed E-state index contributed by atoms with van der Waals surface area (Å²) in [6.07, 6.45) is -8.78. The maximum absolute atomic E-state index is 14.9. The van der Waals surface area contributed by atoms with Crippen LogP contribution >= 0.6 is 0 Å². The summed E-state index contributed by atoms with van der Waals surface area (Å²) in [5, 5.41) is 35.9. The van der Waals surface area contributed by atoms with Gasteiger partial charge in [-0.3, -0.25) is 9.59 Å². The van der Waals surface area contributed by atoms with E-state index in [1.54, 1.807) is 39.0 Å². The molecule has 12 nitrogen and oxygen atoms in total. The minimum Gasteiger partial charge on any atom is -0.455 e. The van der Waals surface area contributed by atoms with Gasteiger partial charge in [0.1, 0.15) is 17.8 Å². The van der Waals surface area contributed by atoms with E-state index >= 15 is 0 Å². The van der Waals surface area contributed by atoms with Gasteiger partial charge >= 0.3 is 18.1 Å². The smallest absolute Gasteiger partial charge is 0.455 e. The lowest BCUT2D eigenvalue weighted by atomic mass is 9.44. The number of hydrogen-bond donors (Lipinski definition) is 3.